The number of alkyl halides is 1. The van der Waals surface area contributed by atoms with Gasteiger partial charge in [-0.1, -0.05) is 0 Å². The number of sulfonamides is 1. The van der Waals surface area contributed by atoms with Crippen molar-refractivity contribution in [2.24, 2.45) is 0 Å². The van der Waals surface area contributed by atoms with Gasteiger partial charge in [-0.15, -0.1) is 11.6 Å². The molecule has 0 aromatic rings. The van der Waals surface area contributed by atoms with Crippen LogP contribution >= 0.6 is 11.6 Å². The Labute approximate surface area is 102 Å². The van der Waals surface area contributed by atoms with Crippen molar-refractivity contribution in [1.29, 1.82) is 0 Å². The summed E-state index contributed by atoms with van der Waals surface area (Å²) in [4.78, 5) is 0. The molecule has 2 unspecified atom stereocenters. The van der Waals surface area contributed by atoms with Crippen LogP contribution < -0.4 is 0 Å². The number of morpholine rings is 1. The SMILES string of the molecule is O=S(=O)(CCCCl)N1CCOC2CCCC21. The molecule has 2 fully saturated rings. The molecule has 16 heavy (non-hydrogen) atoms. The lowest BCUT2D eigenvalue weighted by Gasteiger charge is -2.36. The molecule has 1 saturated heterocycles. The summed E-state index contributed by atoms with van der Waals surface area (Å²) in [6.07, 6.45) is 3.64. The van der Waals surface area contributed by atoms with Crippen molar-refractivity contribution < 1.29 is 13.2 Å². The van der Waals surface area contributed by atoms with Crippen LogP contribution in [0.2, 0.25) is 0 Å². The van der Waals surface area contributed by atoms with Gasteiger partial charge in [0.1, 0.15) is 0 Å². The molecular weight excluding hydrogens is 250 g/mol. The summed E-state index contributed by atoms with van der Waals surface area (Å²) in [6.45, 7) is 1.03. The highest BCUT2D eigenvalue weighted by Gasteiger charge is 2.41. The molecule has 94 valence electrons. The smallest absolute Gasteiger partial charge is 0.214 e. The van der Waals surface area contributed by atoms with E-state index in [1.54, 1.807) is 4.31 Å². The highest BCUT2D eigenvalue weighted by atomic mass is 35.5. The lowest BCUT2D eigenvalue weighted by Crippen LogP contribution is -2.51. The molecule has 1 aliphatic carbocycles. The van der Waals surface area contributed by atoms with Gasteiger partial charge in [0.05, 0.1) is 24.5 Å². The van der Waals surface area contributed by atoms with Gasteiger partial charge in [0, 0.05) is 12.4 Å². The molecule has 1 heterocycles. The van der Waals surface area contributed by atoms with E-state index < -0.39 is 10.0 Å². The number of rotatable bonds is 4. The zero-order valence-electron chi connectivity index (χ0n) is 9.27. The van der Waals surface area contributed by atoms with Gasteiger partial charge in [0.15, 0.2) is 0 Å². The molecule has 0 radical (unpaired) electrons. The van der Waals surface area contributed by atoms with Crippen molar-refractivity contribution in [3.05, 3.63) is 0 Å². The van der Waals surface area contributed by atoms with Gasteiger partial charge >= 0.3 is 0 Å². The van der Waals surface area contributed by atoms with E-state index >= 15 is 0 Å². The zero-order valence-corrected chi connectivity index (χ0v) is 10.8. The first-order chi connectivity index (χ1) is 7.65. The Balaban J connectivity index is 2.07. The average molecular weight is 268 g/mol. The van der Waals surface area contributed by atoms with E-state index in [1.165, 1.54) is 0 Å². The van der Waals surface area contributed by atoms with Crippen molar-refractivity contribution in [2.45, 2.75) is 37.8 Å². The standard InChI is InChI=1S/C10H18ClNO3S/c11-5-2-8-16(13,14)12-6-7-15-10-4-1-3-9(10)12/h9-10H,1-8H2. The largest absolute Gasteiger partial charge is 0.375 e. The minimum absolute atomic E-state index is 0.0778. The number of hydrogen-bond acceptors (Lipinski definition) is 3. The highest BCUT2D eigenvalue weighted by molar-refractivity contribution is 7.89. The maximum Gasteiger partial charge on any atom is 0.214 e. The van der Waals surface area contributed by atoms with Crippen LogP contribution in [0.25, 0.3) is 0 Å². The summed E-state index contributed by atoms with van der Waals surface area (Å²) >= 11 is 5.55. The summed E-state index contributed by atoms with van der Waals surface area (Å²) in [5.41, 5.74) is 0. The summed E-state index contributed by atoms with van der Waals surface area (Å²) in [5.74, 6) is 0.567. The van der Waals surface area contributed by atoms with Crippen molar-refractivity contribution in [1.82, 2.24) is 4.31 Å². The lowest BCUT2D eigenvalue weighted by atomic mass is 10.2. The van der Waals surface area contributed by atoms with Crippen LogP contribution in [0.3, 0.4) is 0 Å². The summed E-state index contributed by atoms with van der Waals surface area (Å²) < 4.78 is 31.5. The van der Waals surface area contributed by atoms with Crippen LogP contribution in [0, 0.1) is 0 Å². The van der Waals surface area contributed by atoms with Crippen LogP contribution in [0.4, 0.5) is 0 Å². The molecule has 0 aromatic carbocycles. The van der Waals surface area contributed by atoms with Gasteiger partial charge < -0.3 is 4.74 Å². The number of halogens is 1. The zero-order chi connectivity index (χ0) is 11.6. The van der Waals surface area contributed by atoms with E-state index in [1.807, 2.05) is 0 Å². The molecule has 2 aliphatic rings. The third-order valence-corrected chi connectivity index (χ3v) is 5.56. The van der Waals surface area contributed by atoms with E-state index in [0.717, 1.165) is 19.3 Å². The maximum atomic E-state index is 12.1. The Morgan fingerprint density at radius 1 is 1.38 bits per heavy atom. The lowest BCUT2D eigenvalue weighted by molar-refractivity contribution is -0.0241. The van der Waals surface area contributed by atoms with Gasteiger partial charge in [-0.2, -0.15) is 4.31 Å². The first-order valence-corrected chi connectivity index (χ1v) is 7.96. The molecule has 0 amide bonds. The number of ether oxygens (including phenoxy) is 1. The van der Waals surface area contributed by atoms with E-state index in [-0.39, 0.29) is 17.9 Å². The summed E-state index contributed by atoms with van der Waals surface area (Å²) in [7, 11) is -3.13. The van der Waals surface area contributed by atoms with E-state index in [2.05, 4.69) is 0 Å². The van der Waals surface area contributed by atoms with Crippen molar-refractivity contribution in [3.63, 3.8) is 0 Å². The van der Waals surface area contributed by atoms with Gasteiger partial charge in [0.25, 0.3) is 0 Å². The monoisotopic (exact) mass is 267 g/mol. The minimum Gasteiger partial charge on any atom is -0.375 e. The third kappa shape index (κ3) is 2.53. The first-order valence-electron chi connectivity index (χ1n) is 5.82. The second kappa shape index (κ2) is 5.21. The van der Waals surface area contributed by atoms with Crippen molar-refractivity contribution in [2.75, 3.05) is 24.8 Å². The van der Waals surface area contributed by atoms with Crippen LogP contribution in [-0.2, 0) is 14.8 Å². The van der Waals surface area contributed by atoms with E-state index in [4.69, 9.17) is 16.3 Å². The van der Waals surface area contributed by atoms with Crippen molar-refractivity contribution in [3.8, 4) is 0 Å². The molecule has 6 heteroatoms. The van der Waals surface area contributed by atoms with Gasteiger partial charge in [-0.3, -0.25) is 0 Å². The van der Waals surface area contributed by atoms with Crippen LogP contribution in [0.15, 0.2) is 0 Å². The molecule has 1 saturated carbocycles. The normalized spacial score (nSPS) is 31.6. The topological polar surface area (TPSA) is 46.6 Å². The fourth-order valence-corrected chi connectivity index (χ4v) is 4.63. The Bertz CT molecular complexity index is 333. The summed E-state index contributed by atoms with van der Waals surface area (Å²) in [6, 6.07) is 0.0778. The van der Waals surface area contributed by atoms with E-state index in [0.29, 0.717) is 25.5 Å². The molecule has 0 N–H and O–H groups in total. The maximum absolute atomic E-state index is 12.1. The Morgan fingerprint density at radius 3 is 2.94 bits per heavy atom. The van der Waals surface area contributed by atoms with Gasteiger partial charge in [0.2, 0.25) is 10.0 Å². The molecule has 1 aliphatic heterocycles. The van der Waals surface area contributed by atoms with Crippen LogP contribution in [-0.4, -0.2) is 49.7 Å². The molecule has 2 rings (SSSR count). The van der Waals surface area contributed by atoms with Crippen LogP contribution in [0.5, 0.6) is 0 Å². The predicted octanol–water partition coefficient (Wildman–Crippen LogP) is 1.20. The molecule has 4 nitrogen and oxygen atoms in total. The van der Waals surface area contributed by atoms with Crippen molar-refractivity contribution >= 4 is 21.6 Å². The number of hydrogen-bond donors (Lipinski definition) is 0. The number of fused-ring (bicyclic) bond motifs is 1. The Hall–Kier alpha value is 0.160. The highest BCUT2D eigenvalue weighted by Crippen LogP contribution is 2.31. The quantitative estimate of drug-likeness (QED) is 0.719. The molecular formula is C10H18ClNO3S. The third-order valence-electron chi connectivity index (χ3n) is 3.32. The second-order valence-electron chi connectivity index (χ2n) is 4.38. The first kappa shape index (κ1) is 12.6. The second-order valence-corrected chi connectivity index (χ2v) is 6.80. The van der Waals surface area contributed by atoms with Gasteiger partial charge in [-0.05, 0) is 25.7 Å². The minimum atomic E-state index is -3.13. The van der Waals surface area contributed by atoms with Gasteiger partial charge in [-0.25, -0.2) is 8.42 Å². The van der Waals surface area contributed by atoms with Crippen LogP contribution in [0.1, 0.15) is 25.7 Å². The fourth-order valence-electron chi connectivity index (χ4n) is 2.59. The molecule has 0 bridgehead atoms. The Kier molecular flexibility index (Phi) is 4.11. The Morgan fingerprint density at radius 2 is 2.19 bits per heavy atom. The average Bonchev–Trinajstić information content (AvgIpc) is 2.73. The summed E-state index contributed by atoms with van der Waals surface area (Å²) in [5, 5.41) is 0. The molecule has 0 spiro atoms. The fraction of sp³-hybridized carbons (Fsp3) is 1.00. The molecule has 2 atom stereocenters. The predicted molar refractivity (Wildman–Crippen MR) is 63.2 cm³/mol. The molecule has 0 aromatic heterocycles. The number of nitrogens with zero attached hydrogens (tertiary/aromatic N) is 1. The van der Waals surface area contributed by atoms with E-state index in [9.17, 15) is 8.42 Å².